The molecule has 0 atom stereocenters. The van der Waals surface area contributed by atoms with Gasteiger partial charge in [-0.15, -0.1) is 0 Å². The minimum Gasteiger partial charge on any atom is -0.346 e. The van der Waals surface area contributed by atoms with Crippen LogP contribution in [0.15, 0.2) is 12.4 Å². The molecule has 2 aromatic heterocycles. The van der Waals surface area contributed by atoms with Crippen LogP contribution in [0.2, 0.25) is 0 Å². The predicted octanol–water partition coefficient (Wildman–Crippen LogP) is 1.59. The number of aromatic amines is 1. The fourth-order valence-corrected chi connectivity index (χ4v) is 2.98. The predicted molar refractivity (Wildman–Crippen MR) is 74.1 cm³/mol. The maximum absolute atomic E-state index is 4.52. The van der Waals surface area contributed by atoms with E-state index >= 15 is 0 Å². The number of hydrogen-bond donors (Lipinski definition) is 1. The fraction of sp³-hybridized carbons (Fsp3) is 0.500. The van der Waals surface area contributed by atoms with Gasteiger partial charge in [-0.25, -0.2) is 9.97 Å². The van der Waals surface area contributed by atoms with Gasteiger partial charge in [-0.3, -0.25) is 0 Å². The topological polar surface area (TPSA) is 48.1 Å². The number of hydrogen-bond acceptors (Lipinski definition) is 5. The van der Waals surface area contributed by atoms with Crippen molar-refractivity contribution >= 4 is 16.5 Å². The van der Waals surface area contributed by atoms with Crippen LogP contribution < -0.4 is 4.90 Å². The van der Waals surface area contributed by atoms with Crippen LogP contribution in [-0.4, -0.2) is 53.1 Å². The zero-order chi connectivity index (χ0) is 12.5. The number of imidazole rings is 1. The van der Waals surface area contributed by atoms with Gasteiger partial charge in [-0.1, -0.05) is 11.3 Å². The molecule has 0 aromatic carbocycles. The highest BCUT2D eigenvalue weighted by Crippen LogP contribution is 2.29. The Bertz CT molecular complexity index is 524. The molecular weight excluding hydrogens is 246 g/mol. The summed E-state index contributed by atoms with van der Waals surface area (Å²) in [7, 11) is 2.16. The number of anilines is 1. The number of thiazole rings is 1. The lowest BCUT2D eigenvalue weighted by Crippen LogP contribution is -2.44. The number of likely N-dealkylation sites (N-methyl/N-ethyl adjacent to an activating group) is 1. The van der Waals surface area contributed by atoms with Crippen molar-refractivity contribution in [2.45, 2.75) is 6.92 Å². The molecule has 2 aromatic rings. The van der Waals surface area contributed by atoms with Crippen molar-refractivity contribution in [1.82, 2.24) is 19.9 Å². The van der Waals surface area contributed by atoms with Gasteiger partial charge in [0, 0.05) is 38.1 Å². The molecule has 18 heavy (non-hydrogen) atoms. The maximum atomic E-state index is 4.52. The Balaban J connectivity index is 1.77. The Morgan fingerprint density at radius 2 is 1.94 bits per heavy atom. The minimum absolute atomic E-state index is 0.922. The van der Waals surface area contributed by atoms with Crippen molar-refractivity contribution in [3.8, 4) is 10.7 Å². The highest BCUT2D eigenvalue weighted by atomic mass is 32.1. The summed E-state index contributed by atoms with van der Waals surface area (Å²) in [5.74, 6) is 0.922. The summed E-state index contributed by atoms with van der Waals surface area (Å²) in [6, 6.07) is 0. The van der Waals surface area contributed by atoms with Gasteiger partial charge in [-0.2, -0.15) is 0 Å². The Kier molecular flexibility index (Phi) is 3.05. The minimum atomic E-state index is 0.922. The summed E-state index contributed by atoms with van der Waals surface area (Å²) in [5, 5.41) is 1.10. The molecule has 5 nitrogen and oxygen atoms in total. The summed E-state index contributed by atoms with van der Waals surface area (Å²) >= 11 is 1.71. The standard InChI is InChI=1S/C12H17N5S/c1-9-7-13-11(15-9)10-8-14-12(18-10)17-5-3-16(2)4-6-17/h7-8H,3-6H2,1-2H3,(H,13,15). The molecule has 96 valence electrons. The molecule has 1 saturated heterocycles. The van der Waals surface area contributed by atoms with Gasteiger partial charge >= 0.3 is 0 Å². The van der Waals surface area contributed by atoms with Crippen LogP contribution in [0.5, 0.6) is 0 Å². The molecular formula is C12H17N5S. The molecule has 0 aliphatic carbocycles. The number of piperazine rings is 1. The van der Waals surface area contributed by atoms with E-state index in [9.17, 15) is 0 Å². The van der Waals surface area contributed by atoms with Crippen LogP contribution in [0.3, 0.4) is 0 Å². The van der Waals surface area contributed by atoms with E-state index in [1.54, 1.807) is 11.3 Å². The van der Waals surface area contributed by atoms with Gasteiger partial charge in [0.1, 0.15) is 5.82 Å². The van der Waals surface area contributed by atoms with Gasteiger partial charge in [0.2, 0.25) is 0 Å². The Morgan fingerprint density at radius 3 is 2.61 bits per heavy atom. The lowest BCUT2D eigenvalue weighted by atomic mass is 10.3. The zero-order valence-corrected chi connectivity index (χ0v) is 11.5. The van der Waals surface area contributed by atoms with E-state index in [-0.39, 0.29) is 0 Å². The van der Waals surface area contributed by atoms with E-state index in [1.807, 2.05) is 19.3 Å². The molecule has 1 aliphatic rings. The van der Waals surface area contributed by atoms with Gasteiger partial charge in [-0.05, 0) is 14.0 Å². The molecule has 0 radical (unpaired) electrons. The largest absolute Gasteiger partial charge is 0.346 e. The third-order valence-corrected chi connectivity index (χ3v) is 4.27. The highest BCUT2D eigenvalue weighted by Gasteiger charge is 2.17. The van der Waals surface area contributed by atoms with Crippen LogP contribution in [0.4, 0.5) is 5.13 Å². The van der Waals surface area contributed by atoms with Gasteiger partial charge in [0.05, 0.1) is 11.1 Å². The number of nitrogens with one attached hydrogen (secondary N) is 1. The molecule has 1 N–H and O–H groups in total. The first kappa shape index (κ1) is 11.7. The molecule has 0 unspecified atom stereocenters. The van der Waals surface area contributed by atoms with E-state index in [0.717, 1.165) is 47.7 Å². The zero-order valence-electron chi connectivity index (χ0n) is 10.7. The number of H-pyrrole nitrogens is 1. The van der Waals surface area contributed by atoms with Crippen LogP contribution in [0.1, 0.15) is 5.69 Å². The second-order valence-electron chi connectivity index (χ2n) is 4.71. The lowest BCUT2D eigenvalue weighted by molar-refractivity contribution is 0.313. The average molecular weight is 263 g/mol. The van der Waals surface area contributed by atoms with Crippen molar-refractivity contribution < 1.29 is 0 Å². The smallest absolute Gasteiger partial charge is 0.186 e. The van der Waals surface area contributed by atoms with Gasteiger partial charge in [0.15, 0.2) is 5.13 Å². The maximum Gasteiger partial charge on any atom is 0.186 e. The molecule has 1 fully saturated rings. The van der Waals surface area contributed by atoms with Crippen LogP contribution in [0, 0.1) is 6.92 Å². The molecule has 3 heterocycles. The summed E-state index contributed by atoms with van der Waals surface area (Å²) in [4.78, 5) is 17.9. The average Bonchev–Trinajstić information content (AvgIpc) is 2.98. The number of nitrogens with zero attached hydrogens (tertiary/aromatic N) is 4. The second kappa shape index (κ2) is 4.70. The number of rotatable bonds is 2. The van der Waals surface area contributed by atoms with Crippen molar-refractivity contribution in [3.63, 3.8) is 0 Å². The van der Waals surface area contributed by atoms with Crippen molar-refractivity contribution in [3.05, 3.63) is 18.1 Å². The number of aryl methyl sites for hydroxylation is 1. The van der Waals surface area contributed by atoms with Crippen LogP contribution in [0.25, 0.3) is 10.7 Å². The Labute approximate surface area is 110 Å². The number of aromatic nitrogens is 3. The van der Waals surface area contributed by atoms with Crippen LogP contribution in [-0.2, 0) is 0 Å². The molecule has 0 saturated carbocycles. The summed E-state index contributed by atoms with van der Waals surface area (Å²) in [6.07, 6.45) is 3.77. The van der Waals surface area contributed by atoms with E-state index in [1.165, 1.54) is 0 Å². The van der Waals surface area contributed by atoms with E-state index in [4.69, 9.17) is 0 Å². The summed E-state index contributed by atoms with van der Waals surface area (Å²) in [5.41, 5.74) is 1.08. The molecule has 0 amide bonds. The molecule has 1 aliphatic heterocycles. The highest BCUT2D eigenvalue weighted by molar-refractivity contribution is 7.18. The lowest BCUT2D eigenvalue weighted by Gasteiger charge is -2.32. The first-order valence-corrected chi connectivity index (χ1v) is 6.95. The monoisotopic (exact) mass is 263 g/mol. The quantitative estimate of drug-likeness (QED) is 0.894. The normalized spacial score (nSPS) is 17.3. The Hall–Kier alpha value is -1.40. The third-order valence-electron chi connectivity index (χ3n) is 3.20. The molecule has 6 heteroatoms. The summed E-state index contributed by atoms with van der Waals surface area (Å²) in [6.45, 7) is 6.34. The molecule has 3 rings (SSSR count). The second-order valence-corrected chi connectivity index (χ2v) is 5.72. The summed E-state index contributed by atoms with van der Waals surface area (Å²) < 4.78 is 0. The SMILES string of the molecule is Cc1cnc(-c2cnc(N3CCN(C)CC3)s2)[nH]1. The van der Waals surface area contributed by atoms with Crippen molar-refractivity contribution in [2.75, 3.05) is 38.1 Å². The van der Waals surface area contributed by atoms with Crippen LogP contribution >= 0.6 is 11.3 Å². The molecule has 0 spiro atoms. The van der Waals surface area contributed by atoms with E-state index < -0.39 is 0 Å². The molecule has 0 bridgehead atoms. The third kappa shape index (κ3) is 2.26. The van der Waals surface area contributed by atoms with Gasteiger partial charge < -0.3 is 14.8 Å². The Morgan fingerprint density at radius 1 is 1.17 bits per heavy atom. The van der Waals surface area contributed by atoms with Crippen molar-refractivity contribution in [1.29, 1.82) is 0 Å². The fourth-order valence-electron chi connectivity index (χ4n) is 2.06. The first-order chi connectivity index (χ1) is 8.72. The van der Waals surface area contributed by atoms with E-state index in [0.29, 0.717) is 0 Å². The van der Waals surface area contributed by atoms with Gasteiger partial charge in [0.25, 0.3) is 0 Å². The first-order valence-electron chi connectivity index (χ1n) is 6.13. The van der Waals surface area contributed by atoms with Crippen molar-refractivity contribution in [2.24, 2.45) is 0 Å². The van der Waals surface area contributed by atoms with E-state index in [2.05, 4.69) is 31.8 Å².